The molecule has 50 heavy (non-hydrogen) atoms. The summed E-state index contributed by atoms with van der Waals surface area (Å²) in [6.45, 7) is 0. The number of aromatic nitrogens is 1. The smallest absolute Gasteiger partial charge is 0.272 e. The molecule has 9 nitrogen and oxygen atoms in total. The van der Waals surface area contributed by atoms with Crippen LogP contribution in [0.3, 0.4) is 0 Å². The number of oxazole rings is 1. The van der Waals surface area contributed by atoms with Gasteiger partial charge in [0, 0.05) is 32.6 Å². The molecule has 7 rings (SSSR count). The minimum Gasteiger partial charge on any atom is -0.436 e. The van der Waals surface area contributed by atoms with Crippen molar-refractivity contribution in [1.82, 2.24) is 10.3 Å². The standard InChI is InChI=1S/C39H27BrN4O5S/c40-27-14-10-24(11-15-27)22-32(42-36(46)25-6-2-1-3-7-25)37(47)41-28-16-20-30(21-17-28)50-34-23-35(45)44(39(34)48)29-18-12-26(13-19-29)38-43-31-8-4-5-9-33(31)49-38/h1-22,34H,23H2,(H,41,47)(H,42,46)/b32-22-. The van der Waals surface area contributed by atoms with Crippen molar-refractivity contribution < 1.29 is 23.6 Å². The monoisotopic (exact) mass is 742 g/mol. The molecule has 2 N–H and O–H groups in total. The van der Waals surface area contributed by atoms with Crippen LogP contribution in [0.25, 0.3) is 28.6 Å². The number of anilines is 2. The number of benzene rings is 5. The number of hydrogen-bond acceptors (Lipinski definition) is 7. The number of halogens is 1. The first-order chi connectivity index (χ1) is 24.3. The third-order valence-electron chi connectivity index (χ3n) is 7.87. The van der Waals surface area contributed by atoms with Gasteiger partial charge in [0.15, 0.2) is 5.58 Å². The van der Waals surface area contributed by atoms with Crippen molar-refractivity contribution in [3.63, 3.8) is 0 Å². The number of carbonyl (C=O) groups is 4. The Labute approximate surface area is 299 Å². The lowest BCUT2D eigenvalue weighted by molar-refractivity contribution is -0.121. The molecule has 0 radical (unpaired) electrons. The summed E-state index contributed by atoms with van der Waals surface area (Å²) in [5.41, 5.74) is 4.33. The number of nitrogens with one attached hydrogen (secondary N) is 2. The van der Waals surface area contributed by atoms with Gasteiger partial charge in [0.05, 0.1) is 10.9 Å². The second-order valence-electron chi connectivity index (χ2n) is 11.3. The van der Waals surface area contributed by atoms with E-state index in [9.17, 15) is 19.2 Å². The number of nitrogens with zero attached hydrogens (tertiary/aromatic N) is 2. The van der Waals surface area contributed by atoms with Gasteiger partial charge in [-0.15, -0.1) is 11.8 Å². The van der Waals surface area contributed by atoms with E-state index in [4.69, 9.17) is 4.42 Å². The van der Waals surface area contributed by atoms with Gasteiger partial charge < -0.3 is 15.1 Å². The summed E-state index contributed by atoms with van der Waals surface area (Å²) in [4.78, 5) is 59.2. The summed E-state index contributed by atoms with van der Waals surface area (Å²) in [6.07, 6.45) is 1.66. The van der Waals surface area contributed by atoms with Crippen molar-refractivity contribution in [3.8, 4) is 11.5 Å². The Morgan fingerprint density at radius 2 is 1.54 bits per heavy atom. The summed E-state index contributed by atoms with van der Waals surface area (Å²) in [7, 11) is 0. The minimum absolute atomic E-state index is 0.0557. The Bertz CT molecular complexity index is 2220. The van der Waals surface area contributed by atoms with Crippen molar-refractivity contribution >= 4 is 79.9 Å². The van der Waals surface area contributed by atoms with E-state index >= 15 is 0 Å². The molecule has 6 aromatic rings. The zero-order valence-corrected chi connectivity index (χ0v) is 28.6. The highest BCUT2D eigenvalue weighted by Crippen LogP contribution is 2.35. The fourth-order valence-corrected chi connectivity index (χ4v) is 6.68. The fourth-order valence-electron chi connectivity index (χ4n) is 5.36. The van der Waals surface area contributed by atoms with E-state index in [1.54, 1.807) is 78.9 Å². The van der Waals surface area contributed by atoms with Crippen LogP contribution in [0.5, 0.6) is 0 Å². The summed E-state index contributed by atoms with van der Waals surface area (Å²) in [5.74, 6) is -1.05. The summed E-state index contributed by atoms with van der Waals surface area (Å²) >= 11 is 4.69. The first kappa shape index (κ1) is 32.8. The van der Waals surface area contributed by atoms with E-state index < -0.39 is 17.1 Å². The van der Waals surface area contributed by atoms with Crippen LogP contribution in [0, 0.1) is 0 Å². The van der Waals surface area contributed by atoms with Gasteiger partial charge in [0.1, 0.15) is 11.2 Å². The number of thioether (sulfide) groups is 1. The third kappa shape index (κ3) is 7.29. The molecule has 1 saturated heterocycles. The average Bonchev–Trinajstić information content (AvgIpc) is 3.69. The van der Waals surface area contributed by atoms with Crippen LogP contribution in [0.2, 0.25) is 0 Å². The van der Waals surface area contributed by atoms with Gasteiger partial charge in [0.2, 0.25) is 17.7 Å². The first-order valence-corrected chi connectivity index (χ1v) is 17.2. The minimum atomic E-state index is -0.603. The second kappa shape index (κ2) is 14.4. The molecule has 1 aliphatic rings. The topological polar surface area (TPSA) is 122 Å². The zero-order chi connectivity index (χ0) is 34.6. The van der Waals surface area contributed by atoms with Crippen molar-refractivity contribution in [2.24, 2.45) is 0 Å². The third-order valence-corrected chi connectivity index (χ3v) is 9.60. The maximum absolute atomic E-state index is 13.4. The molecule has 5 aromatic carbocycles. The van der Waals surface area contributed by atoms with Crippen LogP contribution >= 0.6 is 27.7 Å². The van der Waals surface area contributed by atoms with E-state index in [1.165, 1.54) is 16.7 Å². The molecular weight excluding hydrogens is 716 g/mol. The van der Waals surface area contributed by atoms with Crippen molar-refractivity contribution in [2.45, 2.75) is 16.6 Å². The maximum atomic E-state index is 13.4. The van der Waals surface area contributed by atoms with Crippen LogP contribution in [0.4, 0.5) is 11.4 Å². The molecule has 4 amide bonds. The van der Waals surface area contributed by atoms with Crippen molar-refractivity contribution in [2.75, 3.05) is 10.2 Å². The zero-order valence-electron chi connectivity index (χ0n) is 26.2. The normalized spacial score (nSPS) is 14.6. The summed E-state index contributed by atoms with van der Waals surface area (Å²) in [5, 5.41) is 4.97. The van der Waals surface area contributed by atoms with Crippen LogP contribution in [0.1, 0.15) is 22.3 Å². The first-order valence-electron chi connectivity index (χ1n) is 15.6. The Morgan fingerprint density at radius 3 is 2.26 bits per heavy atom. The number of carbonyl (C=O) groups excluding carboxylic acids is 4. The second-order valence-corrected chi connectivity index (χ2v) is 13.5. The molecule has 1 unspecified atom stereocenters. The summed E-state index contributed by atoms with van der Waals surface area (Å²) in [6, 6.07) is 37.4. The van der Waals surface area contributed by atoms with Crippen molar-refractivity contribution in [1.29, 1.82) is 0 Å². The predicted molar refractivity (Wildman–Crippen MR) is 197 cm³/mol. The predicted octanol–water partition coefficient (Wildman–Crippen LogP) is 8.09. The lowest BCUT2D eigenvalue weighted by atomic mass is 10.1. The lowest BCUT2D eigenvalue weighted by Gasteiger charge is -2.15. The molecule has 0 saturated carbocycles. The fraction of sp³-hybridized carbons (Fsp3) is 0.0513. The number of rotatable bonds is 9. The van der Waals surface area contributed by atoms with Crippen LogP contribution < -0.4 is 15.5 Å². The van der Waals surface area contributed by atoms with Gasteiger partial charge >= 0.3 is 0 Å². The number of imide groups is 1. The van der Waals surface area contributed by atoms with Crippen LogP contribution in [-0.2, 0) is 14.4 Å². The van der Waals surface area contributed by atoms with Gasteiger partial charge in [-0.1, -0.05) is 58.4 Å². The van der Waals surface area contributed by atoms with Gasteiger partial charge in [0.25, 0.3) is 11.8 Å². The highest BCUT2D eigenvalue weighted by molar-refractivity contribution is 9.10. The SMILES string of the molecule is O=C(Nc1ccc(SC2CC(=O)N(c3ccc(-c4nc5ccccc5o4)cc3)C2=O)cc1)/C(=C/c1ccc(Br)cc1)NC(=O)c1ccccc1. The molecule has 1 fully saturated rings. The Hall–Kier alpha value is -5.78. The van der Waals surface area contributed by atoms with Crippen LogP contribution in [0.15, 0.2) is 147 Å². The van der Waals surface area contributed by atoms with Crippen molar-refractivity contribution in [3.05, 3.63) is 149 Å². The summed E-state index contributed by atoms with van der Waals surface area (Å²) < 4.78 is 6.72. The molecule has 1 atom stereocenters. The molecule has 1 aromatic heterocycles. The lowest BCUT2D eigenvalue weighted by Crippen LogP contribution is -2.31. The largest absolute Gasteiger partial charge is 0.436 e. The number of fused-ring (bicyclic) bond motifs is 1. The number of amides is 4. The highest BCUT2D eigenvalue weighted by atomic mass is 79.9. The molecule has 0 bridgehead atoms. The molecular formula is C39H27BrN4O5S. The average molecular weight is 744 g/mol. The molecule has 11 heteroatoms. The van der Waals surface area contributed by atoms with Gasteiger partial charge in [-0.05, 0) is 96.6 Å². The maximum Gasteiger partial charge on any atom is 0.272 e. The Morgan fingerprint density at radius 1 is 0.840 bits per heavy atom. The Balaban J connectivity index is 1.01. The van der Waals surface area contributed by atoms with Crippen LogP contribution in [-0.4, -0.2) is 33.9 Å². The van der Waals surface area contributed by atoms with E-state index in [0.29, 0.717) is 28.4 Å². The van der Waals surface area contributed by atoms with Gasteiger partial charge in [-0.25, -0.2) is 9.88 Å². The number of hydrogen-bond donors (Lipinski definition) is 2. The van der Waals surface area contributed by atoms with E-state index in [-0.39, 0.29) is 23.9 Å². The van der Waals surface area contributed by atoms with E-state index in [1.807, 2.05) is 54.6 Å². The van der Waals surface area contributed by atoms with E-state index in [0.717, 1.165) is 26.0 Å². The quantitative estimate of drug-likeness (QED) is 0.113. The molecule has 0 spiro atoms. The van der Waals surface area contributed by atoms with Gasteiger partial charge in [-0.3, -0.25) is 19.2 Å². The highest BCUT2D eigenvalue weighted by Gasteiger charge is 2.40. The molecule has 0 aliphatic carbocycles. The molecule has 246 valence electrons. The molecule has 2 heterocycles. The number of para-hydroxylation sites is 2. The van der Waals surface area contributed by atoms with E-state index in [2.05, 4.69) is 31.5 Å². The Kier molecular flexibility index (Phi) is 9.41. The van der Waals surface area contributed by atoms with Gasteiger partial charge in [-0.2, -0.15) is 0 Å². The molecule has 1 aliphatic heterocycles.